The first-order valence-corrected chi connectivity index (χ1v) is 10.5. The molecule has 0 bridgehead atoms. The number of esters is 2. The van der Waals surface area contributed by atoms with Crippen LogP contribution in [0.25, 0.3) is 0 Å². The van der Waals surface area contributed by atoms with Crippen LogP contribution in [0.15, 0.2) is 17.3 Å². The van der Waals surface area contributed by atoms with E-state index in [1.54, 1.807) is 27.7 Å². The second-order valence-corrected chi connectivity index (χ2v) is 8.54. The molecule has 0 N–H and O–H groups in total. The van der Waals surface area contributed by atoms with Crippen LogP contribution in [0.3, 0.4) is 0 Å². The van der Waals surface area contributed by atoms with Crippen LogP contribution in [0.5, 0.6) is 0 Å². The van der Waals surface area contributed by atoms with Gasteiger partial charge in [0.15, 0.2) is 0 Å². The molecule has 0 amide bonds. The molecule has 0 aromatic heterocycles. The predicted octanol–water partition coefficient (Wildman–Crippen LogP) is 3.92. The summed E-state index contributed by atoms with van der Waals surface area (Å²) in [7, 11) is 0. The van der Waals surface area contributed by atoms with Gasteiger partial charge >= 0.3 is 11.9 Å². The quantitative estimate of drug-likeness (QED) is 0.242. The molecule has 1 saturated carbocycles. The topological polar surface area (TPSA) is 88.0 Å². The molecule has 0 spiro atoms. The van der Waals surface area contributed by atoms with E-state index in [9.17, 15) is 14.7 Å². The van der Waals surface area contributed by atoms with Gasteiger partial charge in [-0.3, -0.25) is 9.79 Å². The van der Waals surface area contributed by atoms with Crippen LogP contribution in [0.4, 0.5) is 0 Å². The van der Waals surface area contributed by atoms with Crippen LogP contribution in [-0.2, 0) is 19.1 Å². The summed E-state index contributed by atoms with van der Waals surface area (Å²) in [4.78, 5) is 27.7. The van der Waals surface area contributed by atoms with Crippen molar-refractivity contribution in [2.45, 2.75) is 91.1 Å². The highest BCUT2D eigenvalue weighted by atomic mass is 16.6. The molecule has 0 heterocycles. The van der Waals surface area contributed by atoms with Gasteiger partial charge in [0, 0.05) is 0 Å². The molecule has 0 aromatic rings. The van der Waals surface area contributed by atoms with E-state index in [4.69, 9.17) is 9.47 Å². The Morgan fingerprint density at radius 2 is 1.86 bits per heavy atom. The van der Waals surface area contributed by atoms with Crippen molar-refractivity contribution in [2.75, 3.05) is 6.61 Å². The van der Waals surface area contributed by atoms with Crippen molar-refractivity contribution < 1.29 is 24.2 Å². The highest BCUT2D eigenvalue weighted by Gasteiger charge is 2.22. The Morgan fingerprint density at radius 1 is 1.21 bits per heavy atom. The average molecular weight is 395 g/mol. The Balaban J connectivity index is 2.73. The maximum atomic E-state index is 12.6. The van der Waals surface area contributed by atoms with Crippen molar-refractivity contribution in [3.8, 4) is 0 Å². The van der Waals surface area contributed by atoms with Crippen molar-refractivity contribution in [1.82, 2.24) is 0 Å². The normalized spacial score (nSPS) is 17.1. The van der Waals surface area contributed by atoms with E-state index in [0.717, 1.165) is 12.8 Å². The fourth-order valence-electron chi connectivity index (χ4n) is 3.51. The second-order valence-electron chi connectivity index (χ2n) is 8.54. The Hall–Kier alpha value is -1.85. The molecular weight excluding hydrogens is 358 g/mol. The molecule has 0 unspecified atom stereocenters. The Bertz CT molecular complexity index is 556. The molecule has 0 radical (unpaired) electrons. The minimum atomic E-state index is -0.714. The summed E-state index contributed by atoms with van der Waals surface area (Å²) in [6.07, 6.45) is 8.77. The van der Waals surface area contributed by atoms with Crippen molar-refractivity contribution in [2.24, 2.45) is 16.8 Å². The van der Waals surface area contributed by atoms with Gasteiger partial charge < -0.3 is 14.6 Å². The van der Waals surface area contributed by atoms with Crippen LogP contribution >= 0.6 is 0 Å². The molecule has 1 aliphatic rings. The monoisotopic (exact) mass is 394 g/mol. The first-order valence-electron chi connectivity index (χ1n) is 10.5. The van der Waals surface area contributed by atoms with Gasteiger partial charge in [-0.1, -0.05) is 51.5 Å². The van der Waals surface area contributed by atoms with Gasteiger partial charge in [-0.15, -0.1) is 0 Å². The minimum absolute atomic E-state index is 0.0413. The highest BCUT2D eigenvalue weighted by Crippen LogP contribution is 2.29. The predicted molar refractivity (Wildman–Crippen MR) is 108 cm³/mol. The highest BCUT2D eigenvalue weighted by molar-refractivity contribution is 5.91. The van der Waals surface area contributed by atoms with E-state index >= 15 is 0 Å². The Labute approximate surface area is 169 Å². The second kappa shape index (κ2) is 11.9. The number of nitrogens with zero attached hydrogens (tertiary/aromatic N) is 1. The Kier molecular flexibility index (Phi) is 10.3. The van der Waals surface area contributed by atoms with Gasteiger partial charge in [0.1, 0.15) is 11.3 Å². The standard InChI is InChI=1S/C22H37NO5/c1-6-27-21(26)16(2)23-20(25)18(15-19(24)28-22(3,4)5)14-10-13-17-11-8-7-9-12-17/h17-18H,2,6-15H2,1,3-5H3,(H,23,25)/p-1/t18-/m1/s1. The maximum absolute atomic E-state index is 12.6. The maximum Gasteiger partial charge on any atom is 0.356 e. The molecule has 160 valence electrons. The first-order chi connectivity index (χ1) is 13.1. The van der Waals surface area contributed by atoms with Crippen LogP contribution in [-0.4, -0.2) is 30.0 Å². The molecule has 28 heavy (non-hydrogen) atoms. The molecule has 0 aromatic carbocycles. The third-order valence-corrected chi connectivity index (χ3v) is 4.83. The smallest absolute Gasteiger partial charge is 0.356 e. The van der Waals surface area contributed by atoms with Crippen molar-refractivity contribution in [3.63, 3.8) is 0 Å². The average Bonchev–Trinajstić information content (AvgIpc) is 2.60. The van der Waals surface area contributed by atoms with E-state index in [1.807, 2.05) is 0 Å². The van der Waals surface area contributed by atoms with Gasteiger partial charge in [0.2, 0.25) is 0 Å². The zero-order valence-corrected chi connectivity index (χ0v) is 17.9. The fraction of sp³-hybridized carbons (Fsp3) is 0.773. The molecule has 1 fully saturated rings. The number of aliphatic imine (C=N–C) groups is 1. The third-order valence-electron chi connectivity index (χ3n) is 4.83. The molecule has 1 aliphatic carbocycles. The van der Waals surface area contributed by atoms with Crippen LogP contribution in [0, 0.1) is 11.8 Å². The van der Waals surface area contributed by atoms with Crippen LogP contribution in [0.1, 0.15) is 85.5 Å². The van der Waals surface area contributed by atoms with Gasteiger partial charge in [0.05, 0.1) is 13.0 Å². The summed E-state index contributed by atoms with van der Waals surface area (Å²) in [5.74, 6) is -1.55. The van der Waals surface area contributed by atoms with Crippen LogP contribution < -0.4 is 5.11 Å². The van der Waals surface area contributed by atoms with E-state index in [1.165, 1.54) is 32.1 Å². The van der Waals surface area contributed by atoms with Crippen molar-refractivity contribution >= 4 is 17.8 Å². The number of hydrogen-bond acceptors (Lipinski definition) is 6. The molecule has 6 nitrogen and oxygen atoms in total. The van der Waals surface area contributed by atoms with Gasteiger partial charge in [-0.25, -0.2) is 4.79 Å². The molecule has 0 saturated heterocycles. The molecule has 1 atom stereocenters. The van der Waals surface area contributed by atoms with Crippen LogP contribution in [0.2, 0.25) is 0 Å². The molecule has 1 rings (SSSR count). The Morgan fingerprint density at radius 3 is 2.43 bits per heavy atom. The first kappa shape index (κ1) is 24.2. The molecule has 0 aliphatic heterocycles. The zero-order chi connectivity index (χ0) is 21.2. The van der Waals surface area contributed by atoms with E-state index in [0.29, 0.717) is 12.3 Å². The summed E-state index contributed by atoms with van der Waals surface area (Å²) in [6, 6.07) is 0. The number of ether oxygens (including phenoxy) is 2. The van der Waals surface area contributed by atoms with Gasteiger partial charge in [-0.05, 0) is 51.8 Å². The number of carbonyl (C=O) groups is 2. The summed E-state index contributed by atoms with van der Waals surface area (Å²) in [5.41, 5.74) is -0.841. The minimum Gasteiger partial charge on any atom is -0.861 e. The van der Waals surface area contributed by atoms with Crippen molar-refractivity contribution in [3.05, 3.63) is 12.3 Å². The van der Waals surface area contributed by atoms with Gasteiger partial charge in [-0.2, -0.15) is 0 Å². The largest absolute Gasteiger partial charge is 0.861 e. The SMILES string of the molecule is C=C(N=C([O-])[C@H](CCCC1CCCCC1)CC(=O)OC(C)(C)C)C(=O)OCC. The zero-order valence-electron chi connectivity index (χ0n) is 17.9. The fourth-order valence-corrected chi connectivity index (χ4v) is 3.51. The third kappa shape index (κ3) is 9.90. The summed E-state index contributed by atoms with van der Waals surface area (Å²) < 4.78 is 10.2. The van der Waals surface area contributed by atoms with Crippen molar-refractivity contribution in [1.29, 1.82) is 0 Å². The van der Waals surface area contributed by atoms with E-state index in [-0.39, 0.29) is 18.7 Å². The lowest BCUT2D eigenvalue weighted by Gasteiger charge is -2.27. The van der Waals surface area contributed by atoms with E-state index < -0.39 is 29.4 Å². The molecule has 6 heteroatoms. The summed E-state index contributed by atoms with van der Waals surface area (Å²) >= 11 is 0. The van der Waals surface area contributed by atoms with E-state index in [2.05, 4.69) is 11.6 Å². The number of rotatable bonds is 10. The lowest BCUT2D eigenvalue weighted by molar-refractivity contribution is -0.225. The van der Waals surface area contributed by atoms with Gasteiger partial charge in [0.25, 0.3) is 0 Å². The number of carbonyl (C=O) groups excluding carboxylic acids is 2. The molecular formula is C22H36NO5-. The number of hydrogen-bond donors (Lipinski definition) is 0. The summed E-state index contributed by atoms with van der Waals surface area (Å²) in [6.45, 7) is 10.7. The lowest BCUT2D eigenvalue weighted by Crippen LogP contribution is -2.33. The lowest BCUT2D eigenvalue weighted by atomic mass is 9.84. The summed E-state index contributed by atoms with van der Waals surface area (Å²) in [5, 5.41) is 12.6.